The van der Waals surface area contributed by atoms with Crippen molar-refractivity contribution in [2.45, 2.75) is 32.8 Å². The molecule has 0 aromatic carbocycles. The largest absolute Gasteiger partial charge is 0.378 e. The summed E-state index contributed by atoms with van der Waals surface area (Å²) < 4.78 is 10.7. The molecule has 0 aliphatic carbocycles. The average Bonchev–Trinajstić information content (AvgIpc) is 2.62. The van der Waals surface area contributed by atoms with Crippen molar-refractivity contribution in [3.63, 3.8) is 0 Å². The van der Waals surface area contributed by atoms with Crippen molar-refractivity contribution in [2.24, 2.45) is 5.41 Å². The van der Waals surface area contributed by atoms with Crippen molar-refractivity contribution in [2.75, 3.05) is 26.9 Å². The summed E-state index contributed by atoms with van der Waals surface area (Å²) in [7, 11) is 1.66. The number of hydrogen-bond donors (Lipinski definition) is 1. The Morgan fingerprint density at radius 2 is 2.20 bits per heavy atom. The lowest BCUT2D eigenvalue weighted by Gasteiger charge is -2.28. The lowest BCUT2D eigenvalue weighted by atomic mass is 9.94. The van der Waals surface area contributed by atoms with Crippen LogP contribution < -0.4 is 5.32 Å². The van der Waals surface area contributed by atoms with Crippen LogP contribution in [-0.2, 0) is 14.3 Å². The van der Waals surface area contributed by atoms with Gasteiger partial charge in [0.15, 0.2) is 0 Å². The molecule has 1 fully saturated rings. The second-order valence-electron chi connectivity index (χ2n) is 5.12. The molecule has 4 heteroatoms. The molecule has 15 heavy (non-hydrogen) atoms. The molecule has 0 radical (unpaired) electrons. The summed E-state index contributed by atoms with van der Waals surface area (Å²) in [5, 5.41) is 2.91. The predicted molar refractivity (Wildman–Crippen MR) is 57.6 cm³/mol. The molecule has 88 valence electrons. The standard InChI is InChI=1S/C11H21NO3/c1-10(2,3)9(13)12-7-11(14-4)5-6-15-8-11/h5-8H2,1-4H3,(H,12,13). The molecule has 0 saturated carbocycles. The van der Waals surface area contributed by atoms with Gasteiger partial charge in [-0.3, -0.25) is 4.79 Å². The molecule has 1 aliphatic rings. The first-order valence-corrected chi connectivity index (χ1v) is 5.31. The van der Waals surface area contributed by atoms with E-state index in [4.69, 9.17) is 9.47 Å². The van der Waals surface area contributed by atoms with Gasteiger partial charge >= 0.3 is 0 Å². The third-order valence-corrected chi connectivity index (χ3v) is 2.75. The Bertz CT molecular complexity index is 226. The van der Waals surface area contributed by atoms with Gasteiger partial charge in [0.2, 0.25) is 5.91 Å². The normalized spacial score (nSPS) is 26.7. The Hall–Kier alpha value is -0.610. The lowest BCUT2D eigenvalue weighted by molar-refractivity contribution is -0.130. The molecule has 1 heterocycles. The molecule has 1 rings (SSSR count). The van der Waals surface area contributed by atoms with Gasteiger partial charge in [-0.05, 0) is 0 Å². The maximum atomic E-state index is 11.7. The van der Waals surface area contributed by atoms with E-state index in [2.05, 4.69) is 5.32 Å². The van der Waals surface area contributed by atoms with Gasteiger partial charge in [-0.2, -0.15) is 0 Å². The Morgan fingerprint density at radius 1 is 1.53 bits per heavy atom. The van der Waals surface area contributed by atoms with Crippen LogP contribution >= 0.6 is 0 Å². The fraction of sp³-hybridized carbons (Fsp3) is 0.909. The summed E-state index contributed by atoms with van der Waals surface area (Å²) in [5.74, 6) is 0.0471. The van der Waals surface area contributed by atoms with Crippen LogP contribution in [0.4, 0.5) is 0 Å². The van der Waals surface area contributed by atoms with E-state index in [1.54, 1.807) is 7.11 Å². The monoisotopic (exact) mass is 215 g/mol. The SMILES string of the molecule is COC1(CNC(=O)C(C)(C)C)CCOC1. The van der Waals surface area contributed by atoms with Crippen LogP contribution in [0.25, 0.3) is 0 Å². The fourth-order valence-electron chi connectivity index (χ4n) is 1.47. The van der Waals surface area contributed by atoms with Crippen LogP contribution in [0.2, 0.25) is 0 Å². The molecular formula is C11H21NO3. The van der Waals surface area contributed by atoms with Crippen LogP contribution in [0.3, 0.4) is 0 Å². The first-order valence-electron chi connectivity index (χ1n) is 5.31. The maximum Gasteiger partial charge on any atom is 0.225 e. The summed E-state index contributed by atoms with van der Waals surface area (Å²) in [6.07, 6.45) is 0.841. The minimum absolute atomic E-state index is 0.0471. The maximum absolute atomic E-state index is 11.7. The first kappa shape index (κ1) is 12.5. The van der Waals surface area contributed by atoms with E-state index >= 15 is 0 Å². The highest BCUT2D eigenvalue weighted by molar-refractivity contribution is 5.81. The van der Waals surface area contributed by atoms with E-state index in [1.165, 1.54) is 0 Å². The molecule has 1 N–H and O–H groups in total. The Kier molecular flexibility index (Phi) is 3.73. The van der Waals surface area contributed by atoms with Crippen molar-refractivity contribution in [1.29, 1.82) is 0 Å². The molecule has 0 aromatic rings. The summed E-state index contributed by atoms with van der Waals surface area (Å²) >= 11 is 0. The van der Waals surface area contributed by atoms with Crippen molar-refractivity contribution in [1.82, 2.24) is 5.32 Å². The van der Waals surface area contributed by atoms with E-state index in [-0.39, 0.29) is 16.9 Å². The number of nitrogens with one attached hydrogen (secondary N) is 1. The molecule has 1 unspecified atom stereocenters. The third-order valence-electron chi connectivity index (χ3n) is 2.75. The van der Waals surface area contributed by atoms with Crippen molar-refractivity contribution in [3.05, 3.63) is 0 Å². The van der Waals surface area contributed by atoms with Crippen molar-refractivity contribution >= 4 is 5.91 Å². The summed E-state index contributed by atoms with van der Waals surface area (Å²) in [6.45, 7) is 7.49. The Morgan fingerprint density at radius 3 is 2.60 bits per heavy atom. The van der Waals surface area contributed by atoms with Gasteiger partial charge in [0, 0.05) is 32.1 Å². The van der Waals surface area contributed by atoms with E-state index in [1.807, 2.05) is 20.8 Å². The molecule has 1 saturated heterocycles. The van der Waals surface area contributed by atoms with Gasteiger partial charge in [0.25, 0.3) is 0 Å². The van der Waals surface area contributed by atoms with Crippen LogP contribution in [0.15, 0.2) is 0 Å². The van der Waals surface area contributed by atoms with Crippen LogP contribution in [0.1, 0.15) is 27.2 Å². The smallest absolute Gasteiger partial charge is 0.225 e. The number of carbonyl (C=O) groups excluding carboxylic acids is 1. The first-order chi connectivity index (χ1) is 6.90. The predicted octanol–water partition coefficient (Wildman–Crippen LogP) is 0.954. The zero-order chi connectivity index (χ0) is 11.5. The lowest BCUT2D eigenvalue weighted by Crippen LogP contribution is -2.47. The highest BCUT2D eigenvalue weighted by Crippen LogP contribution is 2.22. The van der Waals surface area contributed by atoms with E-state index < -0.39 is 0 Å². The number of hydrogen-bond acceptors (Lipinski definition) is 3. The van der Waals surface area contributed by atoms with Crippen LogP contribution in [0.5, 0.6) is 0 Å². The number of methoxy groups -OCH3 is 1. The minimum Gasteiger partial charge on any atom is -0.378 e. The molecule has 1 aliphatic heterocycles. The number of ether oxygens (including phenoxy) is 2. The zero-order valence-electron chi connectivity index (χ0n) is 10.1. The molecular weight excluding hydrogens is 194 g/mol. The van der Waals surface area contributed by atoms with E-state index in [0.717, 1.165) is 6.42 Å². The Labute approximate surface area is 91.3 Å². The van der Waals surface area contributed by atoms with Gasteiger partial charge in [-0.15, -0.1) is 0 Å². The molecule has 0 aromatic heterocycles. The molecule has 4 nitrogen and oxygen atoms in total. The van der Waals surface area contributed by atoms with E-state index in [9.17, 15) is 4.79 Å². The molecule has 0 bridgehead atoms. The number of amides is 1. The van der Waals surface area contributed by atoms with Crippen molar-refractivity contribution in [3.8, 4) is 0 Å². The second kappa shape index (κ2) is 4.49. The number of rotatable bonds is 3. The van der Waals surface area contributed by atoms with Crippen molar-refractivity contribution < 1.29 is 14.3 Å². The zero-order valence-corrected chi connectivity index (χ0v) is 10.1. The highest BCUT2D eigenvalue weighted by Gasteiger charge is 2.36. The number of carbonyl (C=O) groups is 1. The second-order valence-corrected chi connectivity index (χ2v) is 5.12. The summed E-state index contributed by atoms with van der Waals surface area (Å²) in [6, 6.07) is 0. The summed E-state index contributed by atoms with van der Waals surface area (Å²) in [5.41, 5.74) is -0.671. The van der Waals surface area contributed by atoms with E-state index in [0.29, 0.717) is 19.8 Å². The van der Waals surface area contributed by atoms with Gasteiger partial charge in [0.05, 0.1) is 6.61 Å². The Balaban J connectivity index is 2.45. The highest BCUT2D eigenvalue weighted by atomic mass is 16.5. The van der Waals surface area contributed by atoms with Gasteiger partial charge in [0.1, 0.15) is 5.60 Å². The molecule has 1 atom stereocenters. The van der Waals surface area contributed by atoms with Crippen LogP contribution in [-0.4, -0.2) is 38.4 Å². The molecule has 0 spiro atoms. The van der Waals surface area contributed by atoms with Gasteiger partial charge < -0.3 is 14.8 Å². The van der Waals surface area contributed by atoms with Crippen LogP contribution in [0, 0.1) is 5.41 Å². The summed E-state index contributed by atoms with van der Waals surface area (Å²) in [4.78, 5) is 11.7. The van der Waals surface area contributed by atoms with Gasteiger partial charge in [-0.25, -0.2) is 0 Å². The minimum atomic E-state index is -0.353. The topological polar surface area (TPSA) is 47.6 Å². The third kappa shape index (κ3) is 3.18. The van der Waals surface area contributed by atoms with Gasteiger partial charge in [-0.1, -0.05) is 20.8 Å². The quantitative estimate of drug-likeness (QED) is 0.762. The molecule has 1 amide bonds. The average molecular weight is 215 g/mol. The fourth-order valence-corrected chi connectivity index (χ4v) is 1.47.